The summed E-state index contributed by atoms with van der Waals surface area (Å²) in [7, 11) is 0. The predicted octanol–water partition coefficient (Wildman–Crippen LogP) is 4.78. The van der Waals surface area contributed by atoms with Crippen molar-refractivity contribution in [3.8, 4) is 0 Å². The molecule has 1 aliphatic rings. The molecule has 0 amide bonds. The van der Waals surface area contributed by atoms with Gasteiger partial charge in [0.25, 0.3) is 0 Å². The summed E-state index contributed by atoms with van der Waals surface area (Å²) in [4.78, 5) is 8.85. The molecule has 0 bridgehead atoms. The molecule has 0 radical (unpaired) electrons. The van der Waals surface area contributed by atoms with E-state index in [0.717, 1.165) is 11.6 Å². The lowest BCUT2D eigenvalue weighted by Gasteiger charge is -2.22. The van der Waals surface area contributed by atoms with Gasteiger partial charge in [-0.05, 0) is 12.8 Å². The highest BCUT2D eigenvalue weighted by Gasteiger charge is 2.13. The maximum absolute atomic E-state index is 6.08. The fraction of sp³-hybridized carbons (Fsp3) is 0.733. The lowest BCUT2D eigenvalue weighted by atomic mass is 9.97. The van der Waals surface area contributed by atoms with E-state index in [4.69, 9.17) is 11.6 Å². The number of hydrogen-bond donors (Lipinski definition) is 1. The summed E-state index contributed by atoms with van der Waals surface area (Å²) in [6.45, 7) is 4.18. The molecule has 0 saturated heterocycles. The maximum Gasteiger partial charge on any atom is 0.135 e. The highest BCUT2D eigenvalue weighted by molar-refractivity contribution is 6.29. The number of anilines is 1. The summed E-state index contributed by atoms with van der Waals surface area (Å²) in [5.74, 6) is 2.01. The van der Waals surface area contributed by atoms with Gasteiger partial charge in [-0.25, -0.2) is 9.97 Å². The van der Waals surface area contributed by atoms with Crippen molar-refractivity contribution in [1.82, 2.24) is 9.97 Å². The van der Waals surface area contributed by atoms with E-state index in [2.05, 4.69) is 29.1 Å². The molecule has 0 aromatic carbocycles. The van der Waals surface area contributed by atoms with Crippen LogP contribution in [0.4, 0.5) is 5.82 Å². The van der Waals surface area contributed by atoms with Gasteiger partial charge in [-0.15, -0.1) is 0 Å². The van der Waals surface area contributed by atoms with Gasteiger partial charge >= 0.3 is 0 Å². The van der Waals surface area contributed by atoms with Crippen molar-refractivity contribution >= 4 is 17.4 Å². The van der Waals surface area contributed by atoms with Crippen LogP contribution in [0.1, 0.15) is 70.5 Å². The zero-order valence-electron chi connectivity index (χ0n) is 12.0. The van der Waals surface area contributed by atoms with Gasteiger partial charge < -0.3 is 5.32 Å². The molecule has 0 aliphatic heterocycles. The van der Waals surface area contributed by atoms with Gasteiger partial charge in [0.15, 0.2) is 0 Å². The van der Waals surface area contributed by atoms with Crippen molar-refractivity contribution in [3.63, 3.8) is 0 Å². The highest BCUT2D eigenvalue weighted by atomic mass is 35.5. The second-order valence-electron chi connectivity index (χ2n) is 5.78. The Morgan fingerprint density at radius 3 is 2.37 bits per heavy atom. The SMILES string of the molecule is CC(C)c1nc(Cl)cc(NC2CCCCCCC2)n1. The molecular weight excluding hydrogens is 258 g/mol. The Balaban J connectivity index is 2.04. The molecule has 1 fully saturated rings. The first-order chi connectivity index (χ1) is 9.15. The highest BCUT2D eigenvalue weighted by Crippen LogP contribution is 2.22. The van der Waals surface area contributed by atoms with Crippen LogP contribution in [-0.2, 0) is 0 Å². The van der Waals surface area contributed by atoms with Gasteiger partial charge in [-0.2, -0.15) is 0 Å². The minimum absolute atomic E-state index is 0.302. The second-order valence-corrected chi connectivity index (χ2v) is 6.16. The molecule has 3 nitrogen and oxygen atoms in total. The van der Waals surface area contributed by atoms with E-state index in [0.29, 0.717) is 17.1 Å². The smallest absolute Gasteiger partial charge is 0.135 e. The van der Waals surface area contributed by atoms with Gasteiger partial charge in [0.1, 0.15) is 16.8 Å². The molecule has 1 aromatic heterocycles. The molecule has 1 aromatic rings. The van der Waals surface area contributed by atoms with E-state index in [1.807, 2.05) is 6.07 Å². The molecule has 4 heteroatoms. The van der Waals surface area contributed by atoms with E-state index < -0.39 is 0 Å². The Kier molecular flexibility index (Phi) is 5.44. The fourth-order valence-corrected chi connectivity index (χ4v) is 2.77. The summed E-state index contributed by atoms with van der Waals surface area (Å²) < 4.78 is 0. The van der Waals surface area contributed by atoms with Crippen molar-refractivity contribution in [1.29, 1.82) is 0 Å². The van der Waals surface area contributed by atoms with Gasteiger partial charge in [-0.1, -0.05) is 57.6 Å². The summed E-state index contributed by atoms with van der Waals surface area (Å²) in [5.41, 5.74) is 0. The Bertz CT molecular complexity index is 398. The van der Waals surface area contributed by atoms with Crippen molar-refractivity contribution in [3.05, 3.63) is 17.0 Å². The topological polar surface area (TPSA) is 37.8 Å². The number of halogens is 1. The van der Waals surface area contributed by atoms with Gasteiger partial charge in [0.2, 0.25) is 0 Å². The summed E-state index contributed by atoms with van der Waals surface area (Å²) in [6.07, 6.45) is 9.21. The van der Waals surface area contributed by atoms with Crippen LogP contribution in [0, 0.1) is 0 Å². The van der Waals surface area contributed by atoms with Crippen molar-refractivity contribution in [2.75, 3.05) is 5.32 Å². The molecule has 1 aliphatic carbocycles. The molecule has 106 valence electrons. The maximum atomic E-state index is 6.08. The predicted molar refractivity (Wildman–Crippen MR) is 80.9 cm³/mol. The molecule has 0 spiro atoms. The number of aromatic nitrogens is 2. The molecule has 1 N–H and O–H groups in total. The Morgan fingerprint density at radius 2 is 1.74 bits per heavy atom. The molecule has 0 unspecified atom stereocenters. The lowest BCUT2D eigenvalue weighted by Crippen LogP contribution is -2.21. The second kappa shape index (κ2) is 7.09. The average Bonchev–Trinajstić information content (AvgIpc) is 2.31. The van der Waals surface area contributed by atoms with Crippen LogP contribution in [0.15, 0.2) is 6.07 Å². The molecule has 1 saturated carbocycles. The summed E-state index contributed by atoms with van der Waals surface area (Å²) in [5, 5.41) is 4.08. The fourth-order valence-electron chi connectivity index (χ4n) is 2.58. The van der Waals surface area contributed by atoms with Crippen LogP contribution in [0.3, 0.4) is 0 Å². The van der Waals surface area contributed by atoms with Gasteiger partial charge in [0.05, 0.1) is 0 Å². The van der Waals surface area contributed by atoms with E-state index in [1.54, 1.807) is 0 Å². The number of nitrogens with one attached hydrogen (secondary N) is 1. The molecule has 0 atom stereocenters. The number of nitrogens with zero attached hydrogens (tertiary/aromatic N) is 2. The van der Waals surface area contributed by atoms with Crippen LogP contribution in [0.5, 0.6) is 0 Å². The molecule has 19 heavy (non-hydrogen) atoms. The summed E-state index contributed by atoms with van der Waals surface area (Å²) >= 11 is 6.08. The summed E-state index contributed by atoms with van der Waals surface area (Å²) in [6, 6.07) is 2.37. The third-order valence-corrected chi connectivity index (χ3v) is 3.88. The molecule has 1 heterocycles. The largest absolute Gasteiger partial charge is 0.367 e. The van der Waals surface area contributed by atoms with Crippen molar-refractivity contribution in [2.24, 2.45) is 0 Å². The zero-order valence-corrected chi connectivity index (χ0v) is 12.7. The average molecular weight is 282 g/mol. The Hall–Kier alpha value is -0.830. The quantitative estimate of drug-likeness (QED) is 0.810. The van der Waals surface area contributed by atoms with Crippen LogP contribution in [-0.4, -0.2) is 16.0 Å². The third kappa shape index (κ3) is 4.64. The van der Waals surface area contributed by atoms with Crippen LogP contribution in [0.2, 0.25) is 5.15 Å². The molecule has 2 rings (SSSR count). The Morgan fingerprint density at radius 1 is 1.11 bits per heavy atom. The monoisotopic (exact) mass is 281 g/mol. The van der Waals surface area contributed by atoms with Crippen molar-refractivity contribution in [2.45, 2.75) is 70.8 Å². The standard InChI is InChI=1S/C15H24ClN3/c1-11(2)15-18-13(16)10-14(19-15)17-12-8-6-4-3-5-7-9-12/h10-12H,3-9H2,1-2H3,(H,17,18,19). The normalized spacial score (nSPS) is 18.1. The minimum Gasteiger partial charge on any atom is -0.367 e. The number of hydrogen-bond acceptors (Lipinski definition) is 3. The van der Waals surface area contributed by atoms with E-state index in [-0.39, 0.29) is 0 Å². The van der Waals surface area contributed by atoms with Crippen molar-refractivity contribution < 1.29 is 0 Å². The first-order valence-electron chi connectivity index (χ1n) is 7.46. The Labute approximate surface area is 121 Å². The first-order valence-corrected chi connectivity index (χ1v) is 7.84. The zero-order chi connectivity index (χ0) is 13.7. The van der Waals surface area contributed by atoms with E-state index >= 15 is 0 Å². The first kappa shape index (κ1) is 14.6. The molecular formula is C15H24ClN3. The van der Waals surface area contributed by atoms with E-state index in [9.17, 15) is 0 Å². The lowest BCUT2D eigenvalue weighted by molar-refractivity contribution is 0.470. The van der Waals surface area contributed by atoms with Crippen LogP contribution in [0.25, 0.3) is 0 Å². The van der Waals surface area contributed by atoms with Gasteiger partial charge in [-0.3, -0.25) is 0 Å². The van der Waals surface area contributed by atoms with Gasteiger partial charge in [0, 0.05) is 18.0 Å². The minimum atomic E-state index is 0.302. The third-order valence-electron chi connectivity index (χ3n) is 3.69. The van der Waals surface area contributed by atoms with Crippen LogP contribution < -0.4 is 5.32 Å². The van der Waals surface area contributed by atoms with E-state index in [1.165, 1.54) is 44.9 Å². The number of rotatable bonds is 3. The van der Waals surface area contributed by atoms with Crippen LogP contribution >= 0.6 is 11.6 Å².